The van der Waals surface area contributed by atoms with E-state index in [2.05, 4.69) is 20.8 Å². The second-order valence-electron chi connectivity index (χ2n) is 8.48. The van der Waals surface area contributed by atoms with Gasteiger partial charge in [0.25, 0.3) is 0 Å². The number of carbonyl (C=O) groups excluding carboxylic acids is 1. The van der Waals surface area contributed by atoms with Crippen molar-refractivity contribution in [2.75, 3.05) is 11.9 Å². The van der Waals surface area contributed by atoms with E-state index >= 15 is 0 Å². The van der Waals surface area contributed by atoms with Crippen molar-refractivity contribution in [1.29, 1.82) is 0 Å². The molecule has 0 radical (unpaired) electrons. The minimum Gasteiger partial charge on any atom is -0.445 e. The fourth-order valence-electron chi connectivity index (χ4n) is 4.13. The highest BCUT2D eigenvalue weighted by molar-refractivity contribution is 5.67. The van der Waals surface area contributed by atoms with Gasteiger partial charge in [0, 0.05) is 23.8 Å². The maximum Gasteiger partial charge on any atom is 0.434 e. The van der Waals surface area contributed by atoms with Crippen LogP contribution in [-0.2, 0) is 17.5 Å². The zero-order valence-corrected chi connectivity index (χ0v) is 18.7. The van der Waals surface area contributed by atoms with Crippen LogP contribution in [0.1, 0.15) is 36.8 Å². The highest BCUT2D eigenvalue weighted by Gasteiger charge is 2.35. The monoisotopic (exact) mass is 490 g/mol. The molecule has 0 saturated heterocycles. The zero-order chi connectivity index (χ0) is 24.8. The number of alkyl carbamates (subject to hydrolysis) is 1. The molecule has 0 aliphatic heterocycles. The number of halogens is 3. The minimum absolute atomic E-state index is 0.0827. The second kappa shape index (κ2) is 10.7. The lowest BCUT2D eigenvalue weighted by atomic mass is 9.85. The Labute approximate surface area is 198 Å². The van der Waals surface area contributed by atoms with E-state index in [-0.39, 0.29) is 35.7 Å². The molecule has 1 aliphatic carbocycles. The highest BCUT2D eigenvalue weighted by Crippen LogP contribution is 2.38. The molecule has 8 nitrogen and oxygen atoms in total. The zero-order valence-electron chi connectivity index (χ0n) is 18.7. The lowest BCUT2D eigenvalue weighted by molar-refractivity contribution is -0.137. The van der Waals surface area contributed by atoms with Crippen molar-refractivity contribution in [1.82, 2.24) is 15.5 Å². The number of nitrogens with zero attached hydrogens (tertiary/aromatic N) is 1. The molecule has 1 heterocycles. The van der Waals surface area contributed by atoms with Crippen LogP contribution in [0.25, 0.3) is 11.5 Å². The molecule has 1 saturated carbocycles. The van der Waals surface area contributed by atoms with E-state index in [1.165, 1.54) is 12.1 Å². The first-order chi connectivity index (χ1) is 16.8. The number of anilines is 1. The number of amides is 1. The third kappa shape index (κ3) is 6.65. The van der Waals surface area contributed by atoms with Crippen LogP contribution >= 0.6 is 0 Å². The number of nitrogens with one attached hydrogen (secondary N) is 3. The summed E-state index contributed by atoms with van der Waals surface area (Å²) in [6.07, 6.45) is -2.27. The minimum atomic E-state index is -4.55. The molecule has 2 aromatic carbocycles. The fourth-order valence-corrected chi connectivity index (χ4v) is 4.13. The van der Waals surface area contributed by atoms with Crippen molar-refractivity contribution in [3.63, 3.8) is 0 Å². The number of aromatic nitrogens is 2. The van der Waals surface area contributed by atoms with Crippen molar-refractivity contribution < 1.29 is 27.1 Å². The normalized spacial score (nSPS) is 18.1. The predicted octanol–water partition coefficient (Wildman–Crippen LogP) is 4.95. The van der Waals surface area contributed by atoms with Gasteiger partial charge in [-0.05, 0) is 55.4 Å². The summed E-state index contributed by atoms with van der Waals surface area (Å²) >= 11 is 0. The van der Waals surface area contributed by atoms with E-state index in [0.717, 1.165) is 24.5 Å². The molecule has 0 atom stereocenters. The number of ether oxygens (including phenoxy) is 1. The lowest BCUT2D eigenvalue weighted by Crippen LogP contribution is -2.34. The second-order valence-corrected chi connectivity index (χ2v) is 8.48. The average molecular weight is 490 g/mol. The Bertz CT molecular complexity index is 1190. The van der Waals surface area contributed by atoms with E-state index in [0.29, 0.717) is 19.4 Å². The molecule has 4 rings (SSSR count). The SMILES string of the molecule is O=C(NCC1CCC(Nc2cc(-c3n[nH]c(=O)o3)ccc2C(F)(F)F)CC1)OCc1ccccc1. The molecule has 186 valence electrons. The van der Waals surface area contributed by atoms with Crippen molar-refractivity contribution in [3.8, 4) is 11.5 Å². The van der Waals surface area contributed by atoms with Crippen molar-refractivity contribution in [3.05, 3.63) is 70.2 Å². The number of hydrogen-bond acceptors (Lipinski definition) is 6. The quantitative estimate of drug-likeness (QED) is 0.433. The maximum absolute atomic E-state index is 13.6. The van der Waals surface area contributed by atoms with Gasteiger partial charge in [-0.3, -0.25) is 0 Å². The van der Waals surface area contributed by atoms with Gasteiger partial charge in [0.2, 0.25) is 5.89 Å². The van der Waals surface area contributed by atoms with Crippen molar-refractivity contribution in [2.45, 2.75) is 44.5 Å². The Balaban J connectivity index is 1.30. The number of H-pyrrole nitrogens is 1. The van der Waals surface area contributed by atoms with Gasteiger partial charge in [0.1, 0.15) is 6.61 Å². The molecule has 11 heteroatoms. The van der Waals surface area contributed by atoms with Crippen LogP contribution in [0.5, 0.6) is 0 Å². The van der Waals surface area contributed by atoms with Crippen LogP contribution in [-0.4, -0.2) is 28.9 Å². The summed E-state index contributed by atoms with van der Waals surface area (Å²) in [7, 11) is 0. The van der Waals surface area contributed by atoms with E-state index in [4.69, 9.17) is 9.15 Å². The molecule has 0 spiro atoms. The van der Waals surface area contributed by atoms with E-state index < -0.39 is 23.6 Å². The van der Waals surface area contributed by atoms with Crippen LogP contribution in [0.2, 0.25) is 0 Å². The number of carbonyl (C=O) groups is 1. The first kappa shape index (κ1) is 24.4. The van der Waals surface area contributed by atoms with E-state index in [9.17, 15) is 22.8 Å². The molecule has 1 fully saturated rings. The summed E-state index contributed by atoms with van der Waals surface area (Å²) in [5.41, 5.74) is 0.257. The molecule has 1 aromatic heterocycles. The molecule has 3 aromatic rings. The number of benzene rings is 2. The predicted molar refractivity (Wildman–Crippen MR) is 122 cm³/mol. The Morgan fingerprint density at radius 2 is 1.86 bits per heavy atom. The Hall–Kier alpha value is -3.76. The average Bonchev–Trinajstić information content (AvgIpc) is 3.28. The van der Waals surface area contributed by atoms with Crippen LogP contribution in [0.3, 0.4) is 0 Å². The Morgan fingerprint density at radius 1 is 1.11 bits per heavy atom. The van der Waals surface area contributed by atoms with E-state index in [1.54, 1.807) is 0 Å². The lowest BCUT2D eigenvalue weighted by Gasteiger charge is -2.30. The van der Waals surface area contributed by atoms with Crippen LogP contribution in [0.15, 0.2) is 57.7 Å². The summed E-state index contributed by atoms with van der Waals surface area (Å²) < 4.78 is 50.8. The number of hydrogen-bond donors (Lipinski definition) is 3. The number of alkyl halides is 3. The molecule has 0 bridgehead atoms. The topological polar surface area (TPSA) is 109 Å². The van der Waals surface area contributed by atoms with Gasteiger partial charge in [-0.1, -0.05) is 30.3 Å². The summed E-state index contributed by atoms with van der Waals surface area (Å²) in [4.78, 5) is 23.2. The molecule has 35 heavy (non-hydrogen) atoms. The van der Waals surface area contributed by atoms with Gasteiger partial charge >= 0.3 is 18.0 Å². The molecule has 1 aliphatic rings. The van der Waals surface area contributed by atoms with Crippen molar-refractivity contribution in [2.24, 2.45) is 5.92 Å². The first-order valence-corrected chi connectivity index (χ1v) is 11.3. The van der Waals surface area contributed by atoms with Gasteiger partial charge in [-0.25, -0.2) is 14.7 Å². The summed E-state index contributed by atoms with van der Waals surface area (Å²) in [5.74, 6) is -0.657. The van der Waals surface area contributed by atoms with Crippen LogP contribution in [0, 0.1) is 5.92 Å². The standard InChI is InChI=1S/C24H25F3N4O4/c25-24(26,27)19-11-8-17(21-30-31-23(33)35-21)12-20(19)29-18-9-6-15(7-10-18)13-28-22(32)34-14-16-4-2-1-3-5-16/h1-5,8,11-12,15,18,29H,6-7,9-10,13-14H2,(H,28,32)(H,31,33). The Morgan fingerprint density at radius 3 is 2.51 bits per heavy atom. The highest BCUT2D eigenvalue weighted by atomic mass is 19.4. The van der Waals surface area contributed by atoms with Crippen molar-refractivity contribution >= 4 is 11.8 Å². The summed E-state index contributed by atoms with van der Waals surface area (Å²) in [5, 5.41) is 11.6. The molecular formula is C24H25F3N4O4. The van der Waals surface area contributed by atoms with E-state index in [1.807, 2.05) is 30.3 Å². The molecule has 0 unspecified atom stereocenters. The van der Waals surface area contributed by atoms with Gasteiger partial charge < -0.3 is 19.8 Å². The molecular weight excluding hydrogens is 465 g/mol. The van der Waals surface area contributed by atoms with Gasteiger partial charge in [-0.2, -0.15) is 13.2 Å². The van der Waals surface area contributed by atoms with Gasteiger partial charge in [0.05, 0.1) is 5.56 Å². The Kier molecular flexibility index (Phi) is 7.42. The molecule has 1 amide bonds. The number of rotatable bonds is 7. The largest absolute Gasteiger partial charge is 0.445 e. The van der Waals surface area contributed by atoms with Crippen LogP contribution < -0.4 is 16.4 Å². The third-order valence-electron chi connectivity index (χ3n) is 5.96. The maximum atomic E-state index is 13.6. The molecule has 3 N–H and O–H groups in total. The number of aromatic amines is 1. The van der Waals surface area contributed by atoms with Crippen LogP contribution in [0.4, 0.5) is 23.7 Å². The summed E-state index contributed by atoms with van der Waals surface area (Å²) in [6, 6.07) is 12.6. The summed E-state index contributed by atoms with van der Waals surface area (Å²) in [6.45, 7) is 0.632. The fraction of sp³-hybridized carbons (Fsp3) is 0.375. The van der Waals surface area contributed by atoms with Gasteiger partial charge in [0.15, 0.2) is 0 Å². The van der Waals surface area contributed by atoms with Gasteiger partial charge in [-0.15, -0.1) is 5.10 Å². The smallest absolute Gasteiger partial charge is 0.434 e. The first-order valence-electron chi connectivity index (χ1n) is 11.3. The third-order valence-corrected chi connectivity index (χ3v) is 5.96.